The van der Waals surface area contributed by atoms with E-state index in [1.807, 2.05) is 30.3 Å². The van der Waals surface area contributed by atoms with Crippen molar-refractivity contribution in [1.29, 1.82) is 0 Å². The number of alkyl halides is 6. The molecule has 3 aromatic rings. The predicted octanol–water partition coefficient (Wildman–Crippen LogP) is 6.55. The topological polar surface area (TPSA) is 64.2 Å². The molecule has 0 radical (unpaired) electrons. The highest BCUT2D eigenvalue weighted by atomic mass is 32.2. The molecule has 51 heavy (non-hydrogen) atoms. The summed E-state index contributed by atoms with van der Waals surface area (Å²) >= 11 is 0. The molecule has 3 aliphatic heterocycles. The van der Waals surface area contributed by atoms with Gasteiger partial charge in [-0.15, -0.1) is 0 Å². The summed E-state index contributed by atoms with van der Waals surface area (Å²) in [7, 11) is -4.00. The minimum atomic E-state index is -5.07. The van der Waals surface area contributed by atoms with Gasteiger partial charge in [-0.1, -0.05) is 42.5 Å². The van der Waals surface area contributed by atoms with E-state index >= 15 is 0 Å². The van der Waals surface area contributed by atoms with Crippen molar-refractivity contribution in [2.24, 2.45) is 0 Å². The number of piperidine rings is 2. The quantitative estimate of drug-likeness (QED) is 0.258. The highest BCUT2D eigenvalue weighted by Gasteiger charge is 2.41. The van der Waals surface area contributed by atoms with Gasteiger partial charge in [0.05, 0.1) is 11.1 Å². The summed E-state index contributed by atoms with van der Waals surface area (Å²) < 4.78 is 124. The van der Waals surface area contributed by atoms with Gasteiger partial charge in [-0.25, -0.2) is 12.8 Å². The van der Waals surface area contributed by atoms with Crippen LogP contribution in [0.4, 0.5) is 30.7 Å². The molecule has 6 rings (SSSR count). The Hall–Kier alpha value is -3.53. The van der Waals surface area contributed by atoms with E-state index in [1.54, 1.807) is 0 Å². The number of rotatable bonds is 7. The van der Waals surface area contributed by atoms with Crippen LogP contribution < -0.4 is 0 Å². The number of sulfonamides is 1. The highest BCUT2D eigenvalue weighted by molar-refractivity contribution is 7.89. The van der Waals surface area contributed by atoms with E-state index in [0.29, 0.717) is 70.5 Å². The molecule has 15 heteroatoms. The smallest absolute Gasteiger partial charge is 0.335 e. The summed E-state index contributed by atoms with van der Waals surface area (Å²) in [5, 5.41) is 0. The van der Waals surface area contributed by atoms with E-state index in [0.717, 1.165) is 18.1 Å². The normalized spacial score (nSPS) is 23.4. The van der Waals surface area contributed by atoms with Crippen LogP contribution in [0.5, 0.6) is 0 Å². The Morgan fingerprint density at radius 2 is 1.31 bits per heavy atom. The first-order chi connectivity index (χ1) is 24.1. The summed E-state index contributed by atoms with van der Waals surface area (Å²) in [5.41, 5.74) is -2.82. The third kappa shape index (κ3) is 8.42. The molecular formula is C36H39F7N4O3S. The number of nitrogens with zero attached hydrogens (tertiary/aromatic N) is 4. The lowest BCUT2D eigenvalue weighted by atomic mass is 9.90. The van der Waals surface area contributed by atoms with Crippen molar-refractivity contribution in [3.8, 4) is 0 Å². The summed E-state index contributed by atoms with van der Waals surface area (Å²) in [6.45, 7) is 3.36. The molecule has 3 heterocycles. The lowest BCUT2D eigenvalue weighted by Gasteiger charge is -2.48. The third-order valence-corrected chi connectivity index (χ3v) is 12.2. The molecule has 7 nitrogen and oxygen atoms in total. The number of carbonyl (C=O) groups is 1. The molecule has 276 valence electrons. The first-order valence-electron chi connectivity index (χ1n) is 17.0. The lowest BCUT2D eigenvalue weighted by Crippen LogP contribution is -2.59. The fourth-order valence-corrected chi connectivity index (χ4v) is 9.23. The number of hydrogen-bond donors (Lipinski definition) is 0. The van der Waals surface area contributed by atoms with Gasteiger partial charge in [0.15, 0.2) is 0 Å². The van der Waals surface area contributed by atoms with Crippen molar-refractivity contribution < 1.29 is 43.9 Å². The Balaban J connectivity index is 1.15. The average molecular weight is 741 g/mol. The van der Waals surface area contributed by atoms with Gasteiger partial charge in [-0.2, -0.15) is 30.6 Å². The van der Waals surface area contributed by atoms with Gasteiger partial charge >= 0.3 is 12.4 Å². The monoisotopic (exact) mass is 740 g/mol. The molecule has 1 unspecified atom stereocenters. The fraction of sp³-hybridized carbons (Fsp3) is 0.472. The molecule has 3 aliphatic rings. The first-order valence-corrected chi connectivity index (χ1v) is 18.4. The zero-order chi connectivity index (χ0) is 36.6. The molecule has 3 saturated heterocycles. The summed E-state index contributed by atoms with van der Waals surface area (Å²) in [5.74, 6) is -1.66. The Labute approximate surface area is 292 Å². The van der Waals surface area contributed by atoms with Crippen molar-refractivity contribution in [2.75, 3.05) is 45.8 Å². The first kappa shape index (κ1) is 37.2. The number of amides is 1. The molecule has 3 fully saturated rings. The van der Waals surface area contributed by atoms with E-state index in [2.05, 4.69) is 9.80 Å². The number of likely N-dealkylation sites (tertiary alicyclic amines) is 1. The minimum Gasteiger partial charge on any atom is -0.335 e. The summed E-state index contributed by atoms with van der Waals surface area (Å²) in [4.78, 5) is 19.4. The maximum atomic E-state index is 14.4. The van der Waals surface area contributed by atoms with Gasteiger partial charge < -0.3 is 4.90 Å². The zero-order valence-electron chi connectivity index (χ0n) is 27.7. The van der Waals surface area contributed by atoms with Crippen molar-refractivity contribution in [3.63, 3.8) is 0 Å². The van der Waals surface area contributed by atoms with Crippen LogP contribution in [0.3, 0.4) is 0 Å². The van der Waals surface area contributed by atoms with Crippen LogP contribution in [-0.2, 0) is 28.8 Å². The molecule has 0 aliphatic carbocycles. The molecule has 0 spiro atoms. The Morgan fingerprint density at radius 1 is 0.725 bits per heavy atom. The van der Waals surface area contributed by atoms with Crippen molar-refractivity contribution in [3.05, 3.63) is 101 Å². The van der Waals surface area contributed by atoms with Crippen molar-refractivity contribution >= 4 is 15.9 Å². The van der Waals surface area contributed by atoms with Gasteiger partial charge in [0.1, 0.15) is 10.7 Å². The second-order valence-electron chi connectivity index (χ2n) is 13.5. The molecule has 0 saturated carbocycles. The minimum absolute atomic E-state index is 0.0152. The van der Waals surface area contributed by atoms with Crippen LogP contribution in [0.2, 0.25) is 0 Å². The van der Waals surface area contributed by atoms with Crippen LogP contribution in [0.15, 0.2) is 77.7 Å². The molecule has 3 aromatic carbocycles. The second kappa shape index (κ2) is 14.8. The molecular weight excluding hydrogens is 701 g/mol. The van der Waals surface area contributed by atoms with Crippen LogP contribution >= 0.6 is 0 Å². The predicted molar refractivity (Wildman–Crippen MR) is 176 cm³/mol. The van der Waals surface area contributed by atoms with Crippen LogP contribution in [0.1, 0.15) is 52.7 Å². The van der Waals surface area contributed by atoms with E-state index in [4.69, 9.17) is 0 Å². The van der Waals surface area contributed by atoms with E-state index in [-0.39, 0.29) is 36.1 Å². The fourth-order valence-electron chi connectivity index (χ4n) is 7.65. The maximum Gasteiger partial charge on any atom is 0.416 e. The number of carbonyl (C=O) groups excluding carboxylic acids is 1. The lowest BCUT2D eigenvalue weighted by molar-refractivity contribution is -0.143. The zero-order valence-corrected chi connectivity index (χ0v) is 28.5. The average Bonchev–Trinajstić information content (AvgIpc) is 3.11. The standard InChI is InChI=1S/C36H39F7N4O3S/c37-32-10-4-5-11-33(32)51(49,50)46-13-6-9-30(24-46)45-17-15-44(16-18-45)29-12-14-47(31(23-29)19-25-7-2-1-3-8-25)34(48)26-20-27(35(38,39)40)22-28(21-26)36(41,42)43/h1-5,7-8,10-11,20-22,29-31H,6,9,12-19,23-24H2/t29-,30?,31+/m0/s1. The maximum absolute atomic E-state index is 14.4. The Bertz CT molecular complexity index is 1770. The molecule has 3 atom stereocenters. The number of halogens is 7. The summed E-state index contributed by atoms with van der Waals surface area (Å²) in [6, 6.07) is 15.1. The Kier molecular flexibility index (Phi) is 10.8. The molecule has 0 N–H and O–H groups in total. The van der Waals surface area contributed by atoms with E-state index in [1.165, 1.54) is 27.4 Å². The second-order valence-corrected chi connectivity index (χ2v) is 15.4. The van der Waals surface area contributed by atoms with Crippen molar-refractivity contribution in [2.45, 2.75) is 67.5 Å². The van der Waals surface area contributed by atoms with Gasteiger partial charge in [-0.3, -0.25) is 14.6 Å². The third-order valence-electron chi connectivity index (χ3n) is 10.3. The van der Waals surface area contributed by atoms with Gasteiger partial charge in [0.2, 0.25) is 10.0 Å². The van der Waals surface area contributed by atoms with Crippen LogP contribution in [0, 0.1) is 5.82 Å². The molecule has 0 aromatic heterocycles. The molecule has 0 bridgehead atoms. The largest absolute Gasteiger partial charge is 0.416 e. The van der Waals surface area contributed by atoms with Crippen LogP contribution in [-0.4, -0.2) is 97.3 Å². The van der Waals surface area contributed by atoms with E-state index < -0.39 is 56.8 Å². The van der Waals surface area contributed by atoms with Gasteiger partial charge in [0, 0.05) is 69.5 Å². The SMILES string of the molecule is O=C(c1cc(C(F)(F)F)cc(C(F)(F)F)c1)N1CC[C@H](N2CCN(C3CCCN(S(=O)(=O)c4ccccc4F)C3)CC2)C[C@H]1Cc1ccccc1. The highest BCUT2D eigenvalue weighted by Crippen LogP contribution is 2.37. The number of benzene rings is 3. The number of hydrogen-bond acceptors (Lipinski definition) is 5. The van der Waals surface area contributed by atoms with Gasteiger partial charge in [0.25, 0.3) is 5.91 Å². The van der Waals surface area contributed by atoms with E-state index in [9.17, 15) is 43.9 Å². The number of piperazine rings is 1. The summed E-state index contributed by atoms with van der Waals surface area (Å²) in [6.07, 6.45) is -7.36. The Morgan fingerprint density at radius 3 is 1.92 bits per heavy atom. The molecule has 1 amide bonds. The van der Waals surface area contributed by atoms with Gasteiger partial charge in [-0.05, 0) is 68.0 Å². The van der Waals surface area contributed by atoms with Crippen molar-refractivity contribution in [1.82, 2.24) is 19.0 Å². The van der Waals surface area contributed by atoms with Crippen LogP contribution in [0.25, 0.3) is 0 Å².